The number of β-amino-alcohol motifs (C(OH)–C–C–N with tert-alkyl or cyclic N) is 1. The number of nitrogens with two attached hydrogens (primary N) is 1. The zero-order chi connectivity index (χ0) is 9.68. The summed E-state index contributed by atoms with van der Waals surface area (Å²) in [6.07, 6.45) is 0.875. The number of hydrogen-bond acceptors (Lipinski definition) is 4. The first-order chi connectivity index (χ1) is 6.26. The molecule has 2 atom stereocenters. The summed E-state index contributed by atoms with van der Waals surface area (Å²) in [4.78, 5) is 2.32. The predicted octanol–water partition coefficient (Wildman–Crippen LogP) is 0.133. The lowest BCUT2D eigenvalue weighted by atomic mass is 10.2. The summed E-state index contributed by atoms with van der Waals surface area (Å²) in [5.41, 5.74) is 5.37. The monoisotopic (exact) mass is 204 g/mol. The minimum Gasteiger partial charge on any atom is -0.390 e. The second-order valence-corrected chi connectivity index (χ2v) is 4.96. The van der Waals surface area contributed by atoms with Gasteiger partial charge in [-0.25, -0.2) is 0 Å². The predicted molar refractivity (Wildman–Crippen MR) is 58.0 cm³/mol. The Labute approximate surface area is 84.7 Å². The Morgan fingerprint density at radius 3 is 3.08 bits per heavy atom. The van der Waals surface area contributed by atoms with Crippen LogP contribution in [0.4, 0.5) is 0 Å². The third-order valence-corrected chi connectivity index (χ3v) is 3.79. The molecule has 0 spiro atoms. The molecule has 78 valence electrons. The molecule has 2 unspecified atom stereocenters. The minimum atomic E-state index is -0.347. The van der Waals surface area contributed by atoms with Crippen LogP contribution in [0.15, 0.2) is 0 Å². The van der Waals surface area contributed by atoms with Crippen molar-refractivity contribution in [2.45, 2.75) is 24.7 Å². The van der Waals surface area contributed by atoms with Crippen LogP contribution in [-0.4, -0.2) is 53.3 Å². The van der Waals surface area contributed by atoms with Crippen LogP contribution in [0, 0.1) is 0 Å². The summed E-state index contributed by atoms with van der Waals surface area (Å²) >= 11 is 2.05. The van der Waals surface area contributed by atoms with Crippen molar-refractivity contribution < 1.29 is 5.11 Å². The third-order valence-electron chi connectivity index (χ3n) is 2.42. The Morgan fingerprint density at radius 2 is 2.46 bits per heavy atom. The van der Waals surface area contributed by atoms with Crippen LogP contribution < -0.4 is 5.73 Å². The fraction of sp³-hybridized carbons (Fsp3) is 1.00. The van der Waals surface area contributed by atoms with Crippen molar-refractivity contribution in [3.8, 4) is 0 Å². The van der Waals surface area contributed by atoms with Gasteiger partial charge in [0.1, 0.15) is 0 Å². The van der Waals surface area contributed by atoms with Gasteiger partial charge in [-0.15, -0.1) is 0 Å². The Hall–Kier alpha value is 0.230. The van der Waals surface area contributed by atoms with Crippen LogP contribution in [0.1, 0.15) is 13.3 Å². The van der Waals surface area contributed by atoms with Crippen LogP contribution in [0.5, 0.6) is 0 Å². The molecule has 1 aliphatic heterocycles. The van der Waals surface area contributed by atoms with E-state index < -0.39 is 0 Å². The summed E-state index contributed by atoms with van der Waals surface area (Å²) in [7, 11) is 0. The Morgan fingerprint density at radius 1 is 1.69 bits per heavy atom. The number of rotatable bonds is 4. The van der Waals surface area contributed by atoms with E-state index in [0.29, 0.717) is 6.54 Å². The molecule has 1 aliphatic rings. The minimum absolute atomic E-state index is 0.347. The molecule has 0 aromatic heterocycles. The Balaban J connectivity index is 2.25. The molecule has 0 aliphatic carbocycles. The highest BCUT2D eigenvalue weighted by atomic mass is 32.2. The lowest BCUT2D eigenvalue weighted by molar-refractivity contribution is 0.120. The average Bonchev–Trinajstić information content (AvgIpc) is 2.18. The topological polar surface area (TPSA) is 49.5 Å². The highest BCUT2D eigenvalue weighted by Crippen LogP contribution is 2.20. The second kappa shape index (κ2) is 5.86. The maximum absolute atomic E-state index is 9.40. The molecule has 3 nitrogen and oxygen atoms in total. The van der Waals surface area contributed by atoms with Crippen LogP contribution >= 0.6 is 11.8 Å². The van der Waals surface area contributed by atoms with E-state index in [4.69, 9.17) is 5.73 Å². The Bertz CT molecular complexity index is 144. The van der Waals surface area contributed by atoms with E-state index in [1.807, 2.05) is 11.8 Å². The van der Waals surface area contributed by atoms with Crippen LogP contribution in [0.2, 0.25) is 0 Å². The van der Waals surface area contributed by atoms with Crippen molar-refractivity contribution >= 4 is 11.8 Å². The van der Waals surface area contributed by atoms with Crippen molar-refractivity contribution in [3.63, 3.8) is 0 Å². The van der Waals surface area contributed by atoms with E-state index in [0.717, 1.165) is 24.9 Å². The SMILES string of the molecule is CCC1CN(CC(O)CN)CCS1. The highest BCUT2D eigenvalue weighted by Gasteiger charge is 2.20. The fourth-order valence-electron chi connectivity index (χ4n) is 1.57. The van der Waals surface area contributed by atoms with Gasteiger partial charge < -0.3 is 10.8 Å². The van der Waals surface area contributed by atoms with Gasteiger partial charge in [0.25, 0.3) is 0 Å². The second-order valence-electron chi connectivity index (χ2n) is 3.55. The van der Waals surface area contributed by atoms with Crippen LogP contribution in [0.3, 0.4) is 0 Å². The lowest BCUT2D eigenvalue weighted by Crippen LogP contribution is -2.43. The zero-order valence-corrected chi connectivity index (χ0v) is 9.09. The molecule has 0 amide bonds. The maximum Gasteiger partial charge on any atom is 0.0789 e. The largest absolute Gasteiger partial charge is 0.390 e. The fourth-order valence-corrected chi connectivity index (χ4v) is 2.81. The molecule has 0 aromatic rings. The summed E-state index contributed by atoms with van der Waals surface area (Å²) in [5.74, 6) is 1.19. The first-order valence-corrected chi connectivity index (χ1v) is 6.03. The first-order valence-electron chi connectivity index (χ1n) is 4.98. The van der Waals surface area contributed by atoms with Gasteiger partial charge in [-0.1, -0.05) is 6.92 Å². The molecule has 0 aromatic carbocycles. The van der Waals surface area contributed by atoms with Crippen LogP contribution in [-0.2, 0) is 0 Å². The maximum atomic E-state index is 9.40. The van der Waals surface area contributed by atoms with Gasteiger partial charge in [0.05, 0.1) is 6.10 Å². The molecule has 1 fully saturated rings. The van der Waals surface area contributed by atoms with Crippen molar-refractivity contribution in [3.05, 3.63) is 0 Å². The third kappa shape index (κ3) is 3.85. The smallest absolute Gasteiger partial charge is 0.0789 e. The molecule has 1 heterocycles. The van der Waals surface area contributed by atoms with Crippen molar-refractivity contribution in [2.75, 3.05) is 31.9 Å². The van der Waals surface area contributed by atoms with Gasteiger partial charge >= 0.3 is 0 Å². The van der Waals surface area contributed by atoms with E-state index in [9.17, 15) is 5.11 Å². The van der Waals surface area contributed by atoms with Crippen LogP contribution in [0.25, 0.3) is 0 Å². The van der Waals surface area contributed by atoms with E-state index in [2.05, 4.69) is 11.8 Å². The average molecular weight is 204 g/mol. The van der Waals surface area contributed by atoms with E-state index in [-0.39, 0.29) is 6.10 Å². The van der Waals surface area contributed by atoms with E-state index in [1.54, 1.807) is 0 Å². The highest BCUT2D eigenvalue weighted by molar-refractivity contribution is 8.00. The Kier molecular flexibility index (Phi) is 5.09. The summed E-state index contributed by atoms with van der Waals surface area (Å²) < 4.78 is 0. The number of aliphatic hydroxyl groups is 1. The number of aliphatic hydroxyl groups excluding tert-OH is 1. The number of thioether (sulfide) groups is 1. The lowest BCUT2D eigenvalue weighted by Gasteiger charge is -2.32. The summed E-state index contributed by atoms with van der Waals surface area (Å²) in [6, 6.07) is 0. The molecule has 0 bridgehead atoms. The quantitative estimate of drug-likeness (QED) is 0.683. The summed E-state index contributed by atoms with van der Waals surface area (Å²) in [5, 5.41) is 10.1. The molecular weight excluding hydrogens is 184 g/mol. The van der Waals surface area contributed by atoms with Gasteiger partial charge in [0, 0.05) is 37.2 Å². The van der Waals surface area contributed by atoms with Crippen molar-refractivity contribution in [1.82, 2.24) is 4.90 Å². The molecule has 1 rings (SSSR count). The molecule has 4 heteroatoms. The zero-order valence-electron chi connectivity index (χ0n) is 8.28. The molecule has 0 radical (unpaired) electrons. The van der Waals surface area contributed by atoms with E-state index in [1.165, 1.54) is 12.2 Å². The van der Waals surface area contributed by atoms with Gasteiger partial charge in [0.2, 0.25) is 0 Å². The van der Waals surface area contributed by atoms with Gasteiger partial charge in [-0.2, -0.15) is 11.8 Å². The molecular formula is C9H20N2OS. The molecule has 13 heavy (non-hydrogen) atoms. The van der Waals surface area contributed by atoms with Gasteiger partial charge in [-0.3, -0.25) is 4.90 Å². The number of nitrogens with zero attached hydrogens (tertiary/aromatic N) is 1. The van der Waals surface area contributed by atoms with Crippen molar-refractivity contribution in [1.29, 1.82) is 0 Å². The molecule has 1 saturated heterocycles. The standard InChI is InChI=1S/C9H20N2OS/c1-2-9-7-11(3-4-13-9)6-8(12)5-10/h8-9,12H,2-7,10H2,1H3. The molecule has 0 saturated carbocycles. The van der Waals surface area contributed by atoms with Gasteiger partial charge in [-0.05, 0) is 6.42 Å². The van der Waals surface area contributed by atoms with E-state index >= 15 is 0 Å². The molecule has 3 N–H and O–H groups in total. The number of hydrogen-bond donors (Lipinski definition) is 2. The van der Waals surface area contributed by atoms with Crippen molar-refractivity contribution in [2.24, 2.45) is 5.73 Å². The van der Waals surface area contributed by atoms with Gasteiger partial charge in [0.15, 0.2) is 0 Å². The normalized spacial score (nSPS) is 27.5. The first kappa shape index (κ1) is 11.3. The summed E-state index contributed by atoms with van der Waals surface area (Å²) in [6.45, 7) is 5.55.